The van der Waals surface area contributed by atoms with Gasteiger partial charge in [0.15, 0.2) is 0 Å². The van der Waals surface area contributed by atoms with Gasteiger partial charge in [-0.1, -0.05) is 13.8 Å². The zero-order valence-corrected chi connectivity index (χ0v) is 8.03. The van der Waals surface area contributed by atoms with Crippen molar-refractivity contribution >= 4 is 5.97 Å². The summed E-state index contributed by atoms with van der Waals surface area (Å²) in [4.78, 5) is 10.8. The minimum atomic E-state index is -0.810. The molecule has 3 N–H and O–H groups in total. The largest absolute Gasteiger partial charge is 0.481 e. The Kier molecular flexibility index (Phi) is 3.27. The smallest absolute Gasteiger partial charge is 0.308 e. The first-order chi connectivity index (χ1) is 6.02. The van der Waals surface area contributed by atoms with Gasteiger partial charge in [0.1, 0.15) is 6.23 Å². The Bertz CT molecular complexity index is 193. The molecule has 0 radical (unpaired) electrons. The van der Waals surface area contributed by atoms with Crippen LogP contribution in [0.5, 0.6) is 0 Å². The molecule has 3 atom stereocenters. The molecule has 76 valence electrons. The first-order valence-electron chi connectivity index (χ1n) is 4.66. The number of rotatable bonds is 3. The van der Waals surface area contributed by atoms with E-state index in [-0.39, 0.29) is 5.92 Å². The lowest BCUT2D eigenvalue weighted by atomic mass is 9.87. The molecule has 1 aliphatic heterocycles. The molecule has 3 unspecified atom stereocenters. The van der Waals surface area contributed by atoms with E-state index >= 15 is 0 Å². The normalized spacial score (nSPS) is 34.0. The maximum Gasteiger partial charge on any atom is 0.308 e. The minimum Gasteiger partial charge on any atom is -0.481 e. The lowest BCUT2D eigenvalue weighted by molar-refractivity contribution is -0.143. The molecule has 0 bridgehead atoms. The highest BCUT2D eigenvalue weighted by atomic mass is 16.4. The third-order valence-electron chi connectivity index (χ3n) is 2.53. The van der Waals surface area contributed by atoms with Crippen molar-refractivity contribution in [1.82, 2.24) is 5.32 Å². The standard InChI is InChI=1S/C9H17NO3/c1-5(2)3-6-7(9(12)13)4-10-8(6)11/h5-8,10-11H,3-4H2,1-2H3,(H,12,13). The molecule has 0 aromatic carbocycles. The third kappa shape index (κ3) is 2.42. The SMILES string of the molecule is CC(C)CC1C(O)NCC1C(=O)O. The van der Waals surface area contributed by atoms with Crippen LogP contribution in [0.2, 0.25) is 0 Å². The first kappa shape index (κ1) is 10.5. The lowest BCUT2D eigenvalue weighted by Gasteiger charge is -2.19. The van der Waals surface area contributed by atoms with Gasteiger partial charge in [-0.25, -0.2) is 0 Å². The topological polar surface area (TPSA) is 69.6 Å². The van der Waals surface area contributed by atoms with E-state index in [1.165, 1.54) is 0 Å². The zero-order valence-electron chi connectivity index (χ0n) is 8.03. The Balaban J connectivity index is 2.60. The van der Waals surface area contributed by atoms with Crippen LogP contribution in [0.25, 0.3) is 0 Å². The average molecular weight is 187 g/mol. The molecule has 0 saturated carbocycles. The zero-order chi connectivity index (χ0) is 10.0. The molecule has 0 aliphatic carbocycles. The number of nitrogens with one attached hydrogen (secondary N) is 1. The van der Waals surface area contributed by atoms with Gasteiger partial charge in [0.25, 0.3) is 0 Å². The van der Waals surface area contributed by atoms with E-state index < -0.39 is 18.1 Å². The summed E-state index contributed by atoms with van der Waals surface area (Å²) in [5, 5.41) is 21.1. The number of carboxylic acids is 1. The maximum absolute atomic E-state index is 10.8. The van der Waals surface area contributed by atoms with Crippen molar-refractivity contribution in [2.24, 2.45) is 17.8 Å². The molecule has 4 heteroatoms. The van der Waals surface area contributed by atoms with Gasteiger partial charge in [-0.2, -0.15) is 0 Å². The van der Waals surface area contributed by atoms with Gasteiger partial charge in [0, 0.05) is 12.5 Å². The summed E-state index contributed by atoms with van der Waals surface area (Å²) in [6.45, 7) is 4.45. The second-order valence-electron chi connectivity index (χ2n) is 4.09. The van der Waals surface area contributed by atoms with Crippen molar-refractivity contribution in [3.8, 4) is 0 Å². The number of aliphatic carboxylic acids is 1. The number of carbonyl (C=O) groups is 1. The van der Waals surface area contributed by atoms with Gasteiger partial charge in [0.05, 0.1) is 5.92 Å². The average Bonchev–Trinajstić information content (AvgIpc) is 2.32. The van der Waals surface area contributed by atoms with Crippen LogP contribution >= 0.6 is 0 Å². The van der Waals surface area contributed by atoms with Gasteiger partial charge in [-0.05, 0) is 12.3 Å². The van der Waals surface area contributed by atoms with Gasteiger partial charge < -0.3 is 10.2 Å². The van der Waals surface area contributed by atoms with E-state index in [1.54, 1.807) is 0 Å². The second kappa shape index (κ2) is 4.07. The summed E-state index contributed by atoms with van der Waals surface area (Å²) in [5.41, 5.74) is 0. The molecule has 0 aromatic heterocycles. The van der Waals surface area contributed by atoms with Gasteiger partial charge >= 0.3 is 5.97 Å². The van der Waals surface area contributed by atoms with Crippen LogP contribution in [0.3, 0.4) is 0 Å². The van der Waals surface area contributed by atoms with Crippen LogP contribution in [0.15, 0.2) is 0 Å². The Morgan fingerprint density at radius 3 is 2.69 bits per heavy atom. The van der Waals surface area contributed by atoms with Crippen LogP contribution < -0.4 is 5.32 Å². The maximum atomic E-state index is 10.8. The summed E-state index contributed by atoms with van der Waals surface area (Å²) in [5.74, 6) is -0.967. The van der Waals surface area contributed by atoms with Crippen molar-refractivity contribution < 1.29 is 15.0 Å². The van der Waals surface area contributed by atoms with E-state index in [0.717, 1.165) is 6.42 Å². The summed E-state index contributed by atoms with van der Waals surface area (Å²) in [7, 11) is 0. The van der Waals surface area contributed by atoms with E-state index in [0.29, 0.717) is 12.5 Å². The van der Waals surface area contributed by atoms with Crippen LogP contribution in [0.4, 0.5) is 0 Å². The Labute approximate surface area is 78.0 Å². The van der Waals surface area contributed by atoms with E-state index in [1.807, 2.05) is 13.8 Å². The quantitative estimate of drug-likeness (QED) is 0.593. The van der Waals surface area contributed by atoms with E-state index in [4.69, 9.17) is 5.11 Å². The van der Waals surface area contributed by atoms with Gasteiger partial charge in [-0.3, -0.25) is 10.1 Å². The Morgan fingerprint density at radius 1 is 1.62 bits per heavy atom. The van der Waals surface area contributed by atoms with Crippen LogP contribution in [0.1, 0.15) is 20.3 Å². The number of aliphatic hydroxyl groups is 1. The highest BCUT2D eigenvalue weighted by molar-refractivity contribution is 5.71. The molecule has 1 heterocycles. The van der Waals surface area contributed by atoms with Gasteiger partial charge in [0.2, 0.25) is 0 Å². The Morgan fingerprint density at radius 2 is 2.23 bits per heavy atom. The molecule has 1 fully saturated rings. The lowest BCUT2D eigenvalue weighted by Crippen LogP contribution is -2.29. The fourth-order valence-corrected chi connectivity index (χ4v) is 1.88. The van der Waals surface area contributed by atoms with Gasteiger partial charge in [-0.15, -0.1) is 0 Å². The fraction of sp³-hybridized carbons (Fsp3) is 0.889. The first-order valence-corrected chi connectivity index (χ1v) is 4.66. The third-order valence-corrected chi connectivity index (χ3v) is 2.53. The number of hydrogen-bond donors (Lipinski definition) is 3. The minimum absolute atomic E-state index is 0.141. The molecule has 1 saturated heterocycles. The Hall–Kier alpha value is -0.610. The second-order valence-corrected chi connectivity index (χ2v) is 4.09. The van der Waals surface area contributed by atoms with E-state index in [9.17, 15) is 9.90 Å². The summed E-state index contributed by atoms with van der Waals surface area (Å²) < 4.78 is 0. The predicted molar refractivity (Wildman–Crippen MR) is 48.1 cm³/mol. The van der Waals surface area contributed by atoms with Crippen molar-refractivity contribution in [2.45, 2.75) is 26.5 Å². The molecule has 1 aliphatic rings. The van der Waals surface area contributed by atoms with Crippen LogP contribution in [-0.2, 0) is 4.79 Å². The fourth-order valence-electron chi connectivity index (χ4n) is 1.88. The predicted octanol–water partition coefficient (Wildman–Crippen LogP) is 0.271. The van der Waals surface area contributed by atoms with Crippen LogP contribution in [0, 0.1) is 17.8 Å². The van der Waals surface area contributed by atoms with Crippen molar-refractivity contribution in [3.05, 3.63) is 0 Å². The summed E-state index contributed by atoms with van der Waals surface area (Å²) >= 11 is 0. The van der Waals surface area contributed by atoms with Crippen molar-refractivity contribution in [3.63, 3.8) is 0 Å². The molecule has 13 heavy (non-hydrogen) atoms. The van der Waals surface area contributed by atoms with Crippen LogP contribution in [-0.4, -0.2) is 29.0 Å². The molecular weight excluding hydrogens is 170 g/mol. The highest BCUT2D eigenvalue weighted by Crippen LogP contribution is 2.27. The van der Waals surface area contributed by atoms with Crippen molar-refractivity contribution in [1.29, 1.82) is 0 Å². The monoisotopic (exact) mass is 187 g/mol. The van der Waals surface area contributed by atoms with Crippen molar-refractivity contribution in [2.75, 3.05) is 6.54 Å². The molecule has 0 aromatic rings. The highest BCUT2D eigenvalue weighted by Gasteiger charge is 2.39. The van der Waals surface area contributed by atoms with E-state index in [2.05, 4.69) is 5.32 Å². The molecule has 0 amide bonds. The molecular formula is C9H17NO3. The molecule has 0 spiro atoms. The number of carboxylic acid groups (broad SMARTS) is 1. The summed E-state index contributed by atoms with van der Waals surface area (Å²) in [6.07, 6.45) is 0.106. The summed E-state index contributed by atoms with van der Waals surface area (Å²) in [6, 6.07) is 0. The number of hydrogen-bond acceptors (Lipinski definition) is 3. The number of aliphatic hydroxyl groups excluding tert-OH is 1. The molecule has 4 nitrogen and oxygen atoms in total. The molecule has 1 rings (SSSR count).